The van der Waals surface area contributed by atoms with E-state index >= 15 is 0 Å². The molecule has 2 rings (SSSR count). The lowest BCUT2D eigenvalue weighted by atomic mass is 10.2. The zero-order chi connectivity index (χ0) is 13.0. The van der Waals surface area contributed by atoms with Gasteiger partial charge in [-0.2, -0.15) is 5.26 Å². The number of anilines is 1. The van der Waals surface area contributed by atoms with E-state index in [-0.39, 0.29) is 11.9 Å². The Morgan fingerprint density at radius 1 is 1.44 bits per heavy atom. The van der Waals surface area contributed by atoms with Gasteiger partial charge >= 0.3 is 0 Å². The van der Waals surface area contributed by atoms with Gasteiger partial charge in [0.15, 0.2) is 0 Å². The van der Waals surface area contributed by atoms with Crippen molar-refractivity contribution >= 4 is 15.7 Å². The van der Waals surface area contributed by atoms with Crippen LogP contribution in [0.4, 0.5) is 5.69 Å². The number of ether oxygens (including phenoxy) is 1. The van der Waals surface area contributed by atoms with Gasteiger partial charge in [0.2, 0.25) is 10.0 Å². The second-order valence-corrected chi connectivity index (χ2v) is 5.94. The quantitative estimate of drug-likeness (QED) is 0.895. The van der Waals surface area contributed by atoms with Gasteiger partial charge in [0.05, 0.1) is 23.1 Å². The van der Waals surface area contributed by atoms with Crippen molar-refractivity contribution in [3.05, 3.63) is 29.8 Å². The highest BCUT2D eigenvalue weighted by Crippen LogP contribution is 2.18. The molecule has 0 radical (unpaired) electrons. The molecule has 1 aromatic carbocycles. The molecule has 1 aliphatic rings. The SMILES string of the molecule is N#Cc1ccccc1NS(=O)(=O)CC1CCCO1. The highest BCUT2D eigenvalue weighted by molar-refractivity contribution is 7.92. The molecule has 1 heterocycles. The molecule has 0 bridgehead atoms. The average Bonchev–Trinajstić information content (AvgIpc) is 2.81. The molecule has 0 spiro atoms. The van der Waals surface area contributed by atoms with Crippen molar-refractivity contribution < 1.29 is 13.2 Å². The van der Waals surface area contributed by atoms with E-state index in [9.17, 15) is 8.42 Å². The zero-order valence-corrected chi connectivity index (χ0v) is 10.6. The van der Waals surface area contributed by atoms with Crippen LogP contribution in [0.2, 0.25) is 0 Å². The zero-order valence-electron chi connectivity index (χ0n) is 9.80. The Morgan fingerprint density at radius 3 is 2.89 bits per heavy atom. The van der Waals surface area contributed by atoms with Crippen molar-refractivity contribution in [2.45, 2.75) is 18.9 Å². The summed E-state index contributed by atoms with van der Waals surface area (Å²) in [5.41, 5.74) is 0.631. The molecule has 0 aromatic heterocycles. The Bertz CT molecular complexity index is 557. The van der Waals surface area contributed by atoms with Gasteiger partial charge in [0, 0.05) is 6.61 Å². The Labute approximate surface area is 106 Å². The second-order valence-electron chi connectivity index (χ2n) is 4.18. The molecule has 18 heavy (non-hydrogen) atoms. The Morgan fingerprint density at radius 2 is 2.22 bits per heavy atom. The lowest BCUT2D eigenvalue weighted by Gasteiger charge is -2.12. The first-order valence-electron chi connectivity index (χ1n) is 5.72. The highest BCUT2D eigenvalue weighted by atomic mass is 32.2. The molecular formula is C12H14N2O3S. The molecule has 1 aliphatic heterocycles. The summed E-state index contributed by atoms with van der Waals surface area (Å²) in [4.78, 5) is 0. The molecule has 6 heteroatoms. The van der Waals surface area contributed by atoms with E-state index in [0.717, 1.165) is 12.8 Å². The minimum absolute atomic E-state index is 0.0627. The number of hydrogen-bond donors (Lipinski definition) is 1. The molecule has 0 aliphatic carbocycles. The van der Waals surface area contributed by atoms with Gasteiger partial charge in [-0.3, -0.25) is 4.72 Å². The number of nitrogens with one attached hydrogen (secondary N) is 1. The second kappa shape index (κ2) is 5.38. The van der Waals surface area contributed by atoms with Gasteiger partial charge < -0.3 is 4.74 Å². The van der Waals surface area contributed by atoms with Crippen LogP contribution >= 0.6 is 0 Å². The lowest BCUT2D eigenvalue weighted by molar-refractivity contribution is 0.127. The molecule has 1 fully saturated rings. The van der Waals surface area contributed by atoms with Gasteiger partial charge in [0.25, 0.3) is 0 Å². The van der Waals surface area contributed by atoms with Crippen LogP contribution in [-0.4, -0.2) is 26.9 Å². The van der Waals surface area contributed by atoms with E-state index in [2.05, 4.69) is 4.72 Å². The molecule has 1 aromatic rings. The number of nitriles is 1. The van der Waals surface area contributed by atoms with Gasteiger partial charge in [-0.1, -0.05) is 12.1 Å². The maximum Gasteiger partial charge on any atom is 0.235 e. The highest BCUT2D eigenvalue weighted by Gasteiger charge is 2.23. The molecule has 96 valence electrons. The first-order valence-corrected chi connectivity index (χ1v) is 7.37. The normalized spacial score (nSPS) is 19.4. The molecule has 1 N–H and O–H groups in total. The topological polar surface area (TPSA) is 79.2 Å². The Hall–Kier alpha value is -1.58. The van der Waals surface area contributed by atoms with Gasteiger partial charge in [-0.05, 0) is 25.0 Å². The van der Waals surface area contributed by atoms with Crippen LogP contribution in [0.25, 0.3) is 0 Å². The third kappa shape index (κ3) is 3.22. The van der Waals surface area contributed by atoms with Crippen molar-refractivity contribution in [1.29, 1.82) is 5.26 Å². The summed E-state index contributed by atoms with van der Waals surface area (Å²) in [6, 6.07) is 8.48. The molecule has 1 atom stereocenters. The number of hydrogen-bond acceptors (Lipinski definition) is 4. The fourth-order valence-electron chi connectivity index (χ4n) is 1.90. The average molecular weight is 266 g/mol. The van der Waals surface area contributed by atoms with E-state index in [0.29, 0.717) is 17.9 Å². The van der Waals surface area contributed by atoms with Crippen molar-refractivity contribution in [3.63, 3.8) is 0 Å². The van der Waals surface area contributed by atoms with Crippen LogP contribution in [-0.2, 0) is 14.8 Å². The minimum atomic E-state index is -3.48. The van der Waals surface area contributed by atoms with Crippen LogP contribution in [0.3, 0.4) is 0 Å². The van der Waals surface area contributed by atoms with E-state index in [1.54, 1.807) is 24.3 Å². The number of benzene rings is 1. The van der Waals surface area contributed by atoms with E-state index in [1.807, 2.05) is 6.07 Å². The molecule has 0 saturated carbocycles. The molecule has 1 unspecified atom stereocenters. The molecule has 5 nitrogen and oxygen atoms in total. The summed E-state index contributed by atoms with van der Waals surface area (Å²) in [5.74, 6) is -0.0627. The van der Waals surface area contributed by atoms with Gasteiger partial charge in [0.1, 0.15) is 6.07 Å². The standard InChI is InChI=1S/C12H14N2O3S/c13-8-10-4-1-2-6-12(10)14-18(15,16)9-11-5-3-7-17-11/h1-2,4,6,11,14H,3,5,7,9H2. The van der Waals surface area contributed by atoms with Crippen LogP contribution in [0, 0.1) is 11.3 Å². The van der Waals surface area contributed by atoms with Crippen LogP contribution in [0.1, 0.15) is 18.4 Å². The predicted octanol–water partition coefficient (Wildman–Crippen LogP) is 1.48. The van der Waals surface area contributed by atoms with Crippen LogP contribution in [0.15, 0.2) is 24.3 Å². The summed E-state index contributed by atoms with van der Waals surface area (Å²) in [7, 11) is -3.48. The first kappa shape index (κ1) is 12.9. The number of sulfonamides is 1. The Balaban J connectivity index is 2.10. The van der Waals surface area contributed by atoms with Crippen molar-refractivity contribution in [1.82, 2.24) is 0 Å². The summed E-state index contributed by atoms with van der Waals surface area (Å²) < 4.78 is 31.6. The van der Waals surface area contributed by atoms with Crippen LogP contribution in [0.5, 0.6) is 0 Å². The predicted molar refractivity (Wildman–Crippen MR) is 67.5 cm³/mol. The minimum Gasteiger partial charge on any atom is -0.377 e. The smallest absolute Gasteiger partial charge is 0.235 e. The number of nitrogens with zero attached hydrogens (tertiary/aromatic N) is 1. The van der Waals surface area contributed by atoms with E-state index in [4.69, 9.17) is 10.00 Å². The largest absolute Gasteiger partial charge is 0.377 e. The summed E-state index contributed by atoms with van der Waals surface area (Å²) in [6.07, 6.45) is 1.42. The van der Waals surface area contributed by atoms with Gasteiger partial charge in [-0.25, -0.2) is 8.42 Å². The van der Waals surface area contributed by atoms with Gasteiger partial charge in [-0.15, -0.1) is 0 Å². The first-order chi connectivity index (χ1) is 8.61. The summed E-state index contributed by atoms with van der Waals surface area (Å²) >= 11 is 0. The fourth-order valence-corrected chi connectivity index (χ4v) is 3.25. The fraction of sp³-hybridized carbons (Fsp3) is 0.417. The third-order valence-electron chi connectivity index (χ3n) is 2.74. The monoisotopic (exact) mass is 266 g/mol. The van der Waals surface area contributed by atoms with E-state index < -0.39 is 10.0 Å². The maximum absolute atomic E-state index is 11.9. The maximum atomic E-state index is 11.9. The summed E-state index contributed by atoms with van der Waals surface area (Å²) in [5, 5.41) is 8.89. The third-order valence-corrected chi connectivity index (χ3v) is 4.08. The number of para-hydroxylation sites is 1. The van der Waals surface area contributed by atoms with Crippen molar-refractivity contribution in [2.24, 2.45) is 0 Å². The lowest BCUT2D eigenvalue weighted by Crippen LogP contribution is -2.26. The van der Waals surface area contributed by atoms with Crippen molar-refractivity contribution in [3.8, 4) is 6.07 Å². The summed E-state index contributed by atoms with van der Waals surface area (Å²) in [6.45, 7) is 0.620. The molecular weight excluding hydrogens is 252 g/mol. The number of rotatable bonds is 4. The van der Waals surface area contributed by atoms with Crippen LogP contribution < -0.4 is 4.72 Å². The van der Waals surface area contributed by atoms with E-state index in [1.165, 1.54) is 0 Å². The molecule has 0 amide bonds. The molecule has 1 saturated heterocycles. The van der Waals surface area contributed by atoms with Crippen molar-refractivity contribution in [2.75, 3.05) is 17.1 Å². The Kier molecular flexibility index (Phi) is 3.84.